The molecule has 1 N–H and O–H groups in total. The molecule has 0 saturated heterocycles. The van der Waals surface area contributed by atoms with E-state index in [1.54, 1.807) is 11.6 Å². The summed E-state index contributed by atoms with van der Waals surface area (Å²) in [6, 6.07) is 8.13. The highest BCUT2D eigenvalue weighted by molar-refractivity contribution is 7.15. The lowest BCUT2D eigenvalue weighted by molar-refractivity contribution is 0.0952. The maximum absolute atomic E-state index is 12.2. The molecule has 0 fully saturated rings. The van der Waals surface area contributed by atoms with E-state index >= 15 is 0 Å². The quantitative estimate of drug-likeness (QED) is 0.801. The molecular weight excluding hydrogens is 298 g/mol. The van der Waals surface area contributed by atoms with E-state index in [4.69, 9.17) is 0 Å². The van der Waals surface area contributed by atoms with Gasteiger partial charge in [0.15, 0.2) is 4.96 Å². The molecule has 5 nitrogen and oxygen atoms in total. The molecule has 0 aliphatic heterocycles. The number of thiazole rings is 1. The number of nitrogens with one attached hydrogen (secondary N) is 1. The lowest BCUT2D eigenvalue weighted by Gasteiger charge is -2.06. The van der Waals surface area contributed by atoms with Crippen LogP contribution in [0.5, 0.6) is 0 Å². The van der Waals surface area contributed by atoms with Crippen molar-refractivity contribution in [3.8, 4) is 0 Å². The Morgan fingerprint density at radius 2 is 2.27 bits per heavy atom. The highest BCUT2D eigenvalue weighted by Crippen LogP contribution is 2.06. The van der Waals surface area contributed by atoms with E-state index < -0.39 is 0 Å². The molecule has 3 rings (SSSR count). The van der Waals surface area contributed by atoms with Crippen LogP contribution in [0.3, 0.4) is 0 Å². The van der Waals surface area contributed by atoms with Crippen LogP contribution in [0.15, 0.2) is 46.8 Å². The van der Waals surface area contributed by atoms with Crippen LogP contribution in [-0.2, 0) is 6.42 Å². The molecule has 6 heteroatoms. The number of nitrogens with zero attached hydrogens (tertiary/aromatic N) is 2. The summed E-state index contributed by atoms with van der Waals surface area (Å²) < 4.78 is 1.39. The summed E-state index contributed by atoms with van der Waals surface area (Å²) in [5.74, 6) is -0.384. The molecule has 0 atom stereocenters. The van der Waals surface area contributed by atoms with Crippen LogP contribution in [-0.4, -0.2) is 21.8 Å². The fourth-order valence-corrected chi connectivity index (χ4v) is 2.94. The molecule has 0 aliphatic carbocycles. The van der Waals surface area contributed by atoms with Crippen molar-refractivity contribution in [3.05, 3.63) is 69.1 Å². The van der Waals surface area contributed by atoms with E-state index in [1.807, 2.05) is 25.1 Å². The minimum atomic E-state index is -0.384. The van der Waals surface area contributed by atoms with Gasteiger partial charge in [0.2, 0.25) is 0 Å². The Bertz CT molecular complexity index is 882. The van der Waals surface area contributed by atoms with Crippen LogP contribution in [0.4, 0.5) is 0 Å². The van der Waals surface area contributed by atoms with Gasteiger partial charge in [0.05, 0.1) is 0 Å². The third-order valence-electron chi connectivity index (χ3n) is 3.37. The Kier molecular flexibility index (Phi) is 4.02. The van der Waals surface area contributed by atoms with Gasteiger partial charge in [-0.15, -0.1) is 11.3 Å². The second-order valence-electron chi connectivity index (χ2n) is 5.03. The zero-order chi connectivity index (χ0) is 15.5. The first-order valence-corrected chi connectivity index (χ1v) is 7.82. The standard InChI is InChI=1S/C16H15N3O2S/c1-11-3-2-4-12(9-11)5-6-17-14(20)13-10-18-16-19(15(13)21)7-8-22-16/h2-4,7-10H,5-6H2,1H3,(H,17,20). The average Bonchev–Trinajstić information content (AvgIpc) is 2.97. The number of carbonyl (C=O) groups is 1. The second kappa shape index (κ2) is 6.11. The first-order chi connectivity index (χ1) is 10.6. The summed E-state index contributed by atoms with van der Waals surface area (Å²) in [5.41, 5.74) is 2.08. The van der Waals surface area contributed by atoms with Crippen molar-refractivity contribution >= 4 is 22.2 Å². The maximum Gasteiger partial charge on any atom is 0.271 e. The van der Waals surface area contributed by atoms with E-state index in [0.29, 0.717) is 11.5 Å². The third-order valence-corrected chi connectivity index (χ3v) is 4.14. The number of benzene rings is 1. The molecule has 2 heterocycles. The van der Waals surface area contributed by atoms with Crippen molar-refractivity contribution in [2.24, 2.45) is 0 Å². The lowest BCUT2D eigenvalue weighted by atomic mass is 10.1. The van der Waals surface area contributed by atoms with Crippen molar-refractivity contribution in [2.75, 3.05) is 6.54 Å². The Morgan fingerprint density at radius 1 is 1.41 bits per heavy atom. The van der Waals surface area contributed by atoms with Gasteiger partial charge in [0.1, 0.15) is 5.56 Å². The molecule has 0 aliphatic rings. The van der Waals surface area contributed by atoms with Crippen LogP contribution >= 0.6 is 11.3 Å². The summed E-state index contributed by atoms with van der Waals surface area (Å²) in [7, 11) is 0. The molecule has 0 bridgehead atoms. The average molecular weight is 313 g/mol. The van der Waals surface area contributed by atoms with Crippen molar-refractivity contribution in [3.63, 3.8) is 0 Å². The predicted molar refractivity (Wildman–Crippen MR) is 86.6 cm³/mol. The maximum atomic E-state index is 12.2. The van der Waals surface area contributed by atoms with E-state index in [2.05, 4.69) is 16.4 Å². The number of aryl methyl sites for hydroxylation is 1. The number of hydrogen-bond donors (Lipinski definition) is 1. The monoisotopic (exact) mass is 313 g/mol. The van der Waals surface area contributed by atoms with E-state index in [1.165, 1.54) is 27.5 Å². The highest BCUT2D eigenvalue weighted by Gasteiger charge is 2.13. The Hall–Kier alpha value is -2.47. The molecule has 3 aromatic rings. The van der Waals surface area contributed by atoms with Crippen molar-refractivity contribution in [1.82, 2.24) is 14.7 Å². The summed E-state index contributed by atoms with van der Waals surface area (Å²) in [6.07, 6.45) is 3.69. The zero-order valence-corrected chi connectivity index (χ0v) is 12.9. The summed E-state index contributed by atoms with van der Waals surface area (Å²) in [5, 5.41) is 4.54. The van der Waals surface area contributed by atoms with Crippen molar-refractivity contribution in [1.29, 1.82) is 0 Å². The predicted octanol–water partition coefficient (Wildman–Crippen LogP) is 2.04. The molecule has 22 heavy (non-hydrogen) atoms. The number of hydrogen-bond acceptors (Lipinski definition) is 4. The van der Waals surface area contributed by atoms with Gasteiger partial charge in [-0.3, -0.25) is 14.0 Å². The smallest absolute Gasteiger partial charge is 0.271 e. The van der Waals surface area contributed by atoms with Crippen LogP contribution in [0.25, 0.3) is 4.96 Å². The molecule has 1 amide bonds. The van der Waals surface area contributed by atoms with Crippen LogP contribution in [0.2, 0.25) is 0 Å². The van der Waals surface area contributed by atoms with E-state index in [0.717, 1.165) is 12.0 Å². The fourth-order valence-electron chi connectivity index (χ4n) is 2.26. The van der Waals surface area contributed by atoms with Gasteiger partial charge in [-0.05, 0) is 18.9 Å². The van der Waals surface area contributed by atoms with Crippen molar-refractivity contribution < 1.29 is 4.79 Å². The van der Waals surface area contributed by atoms with Crippen LogP contribution in [0, 0.1) is 6.92 Å². The molecular formula is C16H15N3O2S. The largest absolute Gasteiger partial charge is 0.351 e. The lowest BCUT2D eigenvalue weighted by Crippen LogP contribution is -2.32. The molecule has 2 aromatic heterocycles. The fraction of sp³-hybridized carbons (Fsp3) is 0.188. The van der Waals surface area contributed by atoms with Gasteiger partial charge in [0, 0.05) is 24.3 Å². The second-order valence-corrected chi connectivity index (χ2v) is 5.90. The van der Waals surface area contributed by atoms with Gasteiger partial charge in [-0.2, -0.15) is 0 Å². The summed E-state index contributed by atoms with van der Waals surface area (Å²) in [6.45, 7) is 2.51. The number of amides is 1. The van der Waals surface area contributed by atoms with E-state index in [-0.39, 0.29) is 17.0 Å². The minimum absolute atomic E-state index is 0.0696. The number of aromatic nitrogens is 2. The molecule has 0 spiro atoms. The van der Waals surface area contributed by atoms with Gasteiger partial charge in [-0.25, -0.2) is 4.98 Å². The first-order valence-electron chi connectivity index (χ1n) is 6.94. The summed E-state index contributed by atoms with van der Waals surface area (Å²) >= 11 is 1.36. The normalized spacial score (nSPS) is 10.8. The Balaban J connectivity index is 1.68. The number of rotatable bonds is 4. The zero-order valence-electron chi connectivity index (χ0n) is 12.1. The number of fused-ring (bicyclic) bond motifs is 1. The number of carbonyl (C=O) groups excluding carboxylic acids is 1. The molecule has 0 saturated carbocycles. The molecule has 0 unspecified atom stereocenters. The Morgan fingerprint density at radius 3 is 3.09 bits per heavy atom. The van der Waals surface area contributed by atoms with Gasteiger partial charge >= 0.3 is 0 Å². The molecule has 112 valence electrons. The van der Waals surface area contributed by atoms with E-state index in [9.17, 15) is 9.59 Å². The van der Waals surface area contributed by atoms with Gasteiger partial charge in [0.25, 0.3) is 11.5 Å². The van der Waals surface area contributed by atoms with Crippen molar-refractivity contribution in [2.45, 2.75) is 13.3 Å². The van der Waals surface area contributed by atoms with Gasteiger partial charge < -0.3 is 5.32 Å². The first kappa shape index (κ1) is 14.5. The molecule has 0 radical (unpaired) electrons. The van der Waals surface area contributed by atoms with Crippen LogP contribution < -0.4 is 10.9 Å². The third kappa shape index (κ3) is 2.92. The Labute approximate surface area is 131 Å². The van der Waals surface area contributed by atoms with Gasteiger partial charge in [-0.1, -0.05) is 29.8 Å². The van der Waals surface area contributed by atoms with Crippen LogP contribution in [0.1, 0.15) is 21.5 Å². The SMILES string of the molecule is Cc1cccc(CCNC(=O)c2cnc3sccn3c2=O)c1. The highest BCUT2D eigenvalue weighted by atomic mass is 32.1. The molecule has 1 aromatic carbocycles. The summed E-state index contributed by atoms with van der Waals surface area (Å²) in [4.78, 5) is 29.0. The topological polar surface area (TPSA) is 63.5 Å². The minimum Gasteiger partial charge on any atom is -0.351 e.